The summed E-state index contributed by atoms with van der Waals surface area (Å²) >= 11 is 0. The first-order valence-electron chi connectivity index (χ1n) is 19.9. The predicted molar refractivity (Wildman–Crippen MR) is 217 cm³/mol. The lowest BCUT2D eigenvalue weighted by molar-refractivity contribution is -0.136. The van der Waals surface area contributed by atoms with Crippen LogP contribution in [0.2, 0.25) is 0 Å². The summed E-state index contributed by atoms with van der Waals surface area (Å²) in [6.45, 7) is 21.6. The van der Waals surface area contributed by atoms with Crippen LogP contribution in [0.4, 0.5) is 4.79 Å². The Morgan fingerprint density at radius 1 is 1.02 bits per heavy atom. The molecule has 6 atom stereocenters. The third-order valence-electron chi connectivity index (χ3n) is 11.7. The van der Waals surface area contributed by atoms with E-state index in [1.165, 1.54) is 23.8 Å². The van der Waals surface area contributed by atoms with Crippen molar-refractivity contribution in [1.29, 1.82) is 0 Å². The molecule has 10 heteroatoms. The highest BCUT2D eigenvalue weighted by atomic mass is 16.5. The van der Waals surface area contributed by atoms with Gasteiger partial charge in [-0.1, -0.05) is 70.9 Å². The zero-order chi connectivity index (χ0) is 39.7. The SMILES string of the molecule is C=C(C)C#C[C@H](C(=O)N1CCC[C@H]1C(=C)N/C(=C\C)C1=Cc2ccc(-c3cnc([C@@H]4CCCN4C(=O)[C@@H](NC(=O)OC)C(C)C)n3C)cc2C2CC12)C(C)C. The Morgan fingerprint density at radius 2 is 1.75 bits per heavy atom. The third-order valence-corrected chi connectivity index (χ3v) is 11.7. The molecule has 1 aromatic heterocycles. The smallest absolute Gasteiger partial charge is 0.407 e. The number of allylic oxidation sites excluding steroid dienone is 3. The number of benzene rings is 1. The number of carbonyl (C=O) groups is 3. The Bertz CT molecular complexity index is 1990. The van der Waals surface area contributed by atoms with E-state index in [-0.39, 0.29) is 41.7 Å². The number of amides is 3. The van der Waals surface area contributed by atoms with Gasteiger partial charge in [-0.25, -0.2) is 9.78 Å². The molecule has 10 nitrogen and oxygen atoms in total. The number of likely N-dealkylation sites (tertiary alicyclic amines) is 2. The molecule has 0 spiro atoms. The molecule has 2 aromatic rings. The van der Waals surface area contributed by atoms with Crippen molar-refractivity contribution in [3.05, 3.63) is 83.1 Å². The number of carbonyl (C=O) groups excluding carboxylic acids is 3. The van der Waals surface area contributed by atoms with Gasteiger partial charge in [-0.3, -0.25) is 9.59 Å². The van der Waals surface area contributed by atoms with E-state index < -0.39 is 12.1 Å². The van der Waals surface area contributed by atoms with E-state index >= 15 is 0 Å². The highest BCUT2D eigenvalue weighted by molar-refractivity contribution is 5.86. The fourth-order valence-corrected chi connectivity index (χ4v) is 8.65. The van der Waals surface area contributed by atoms with Gasteiger partial charge in [0.2, 0.25) is 11.8 Å². The van der Waals surface area contributed by atoms with Crippen LogP contribution in [0.5, 0.6) is 0 Å². The molecule has 4 aliphatic rings. The minimum absolute atomic E-state index is 0.0717. The fraction of sp³-hybridized carbons (Fsp3) is 0.511. The number of hydrogen-bond acceptors (Lipinski definition) is 6. The van der Waals surface area contributed by atoms with E-state index in [1.54, 1.807) is 0 Å². The molecule has 55 heavy (non-hydrogen) atoms. The van der Waals surface area contributed by atoms with Crippen LogP contribution in [0.25, 0.3) is 17.3 Å². The van der Waals surface area contributed by atoms with Gasteiger partial charge in [-0.05, 0) is 104 Å². The molecule has 2 unspecified atom stereocenters. The van der Waals surface area contributed by atoms with Gasteiger partial charge in [-0.2, -0.15) is 0 Å². The molecule has 0 bridgehead atoms. The third kappa shape index (κ3) is 8.03. The normalized spacial score (nSPS) is 22.6. The van der Waals surface area contributed by atoms with E-state index in [9.17, 15) is 14.4 Å². The highest BCUT2D eigenvalue weighted by Crippen LogP contribution is 2.58. The van der Waals surface area contributed by atoms with Gasteiger partial charge in [0.25, 0.3) is 0 Å². The summed E-state index contributed by atoms with van der Waals surface area (Å²) in [5.41, 5.74) is 8.62. The van der Waals surface area contributed by atoms with Crippen molar-refractivity contribution >= 4 is 24.0 Å². The summed E-state index contributed by atoms with van der Waals surface area (Å²) in [6.07, 6.45) is 10.3. The first kappa shape index (κ1) is 39.6. The van der Waals surface area contributed by atoms with Crippen LogP contribution in [0.15, 0.2) is 66.2 Å². The number of hydrogen-bond donors (Lipinski definition) is 2. The molecule has 3 heterocycles. The maximum atomic E-state index is 13.8. The Hall–Kier alpha value is -5.04. The van der Waals surface area contributed by atoms with Gasteiger partial charge in [0.15, 0.2) is 0 Å². The van der Waals surface area contributed by atoms with Gasteiger partial charge in [-0.15, -0.1) is 0 Å². The van der Waals surface area contributed by atoms with Crippen LogP contribution in [0.1, 0.15) is 103 Å². The van der Waals surface area contributed by atoms with Crippen molar-refractivity contribution in [2.24, 2.45) is 30.7 Å². The Labute approximate surface area is 327 Å². The Balaban J connectivity index is 1.18. The number of nitrogens with zero attached hydrogens (tertiary/aromatic N) is 4. The summed E-state index contributed by atoms with van der Waals surface area (Å²) in [5, 5.41) is 6.40. The molecule has 2 aliphatic heterocycles. The standard InChI is InChI=1S/C45H58N6O4/c1-11-37(47-29(8)38-14-12-20-50(38)43(52)32(27(4)5)19-16-26(2)3)36-22-30-17-18-31(23-33(30)34-24-35(34)36)40-25-46-42(49(40)9)39-15-13-21-51(39)44(53)41(28(6)7)48-45(54)55-10/h11,17-18,22-23,25,27-28,32,34-35,38-39,41,47H,2,8,12-15,20-21,24H2,1,3-7,9-10H3,(H,48,54)/b37-11-/t32-,34?,35?,38-,39-,41-/m0/s1. The topological polar surface area (TPSA) is 109 Å². The number of methoxy groups -OCH3 is 1. The maximum Gasteiger partial charge on any atom is 0.407 e. The monoisotopic (exact) mass is 746 g/mol. The molecule has 2 N–H and O–H groups in total. The van der Waals surface area contributed by atoms with Crippen LogP contribution in [-0.4, -0.2) is 69.5 Å². The Morgan fingerprint density at radius 3 is 2.42 bits per heavy atom. The predicted octanol–water partition coefficient (Wildman–Crippen LogP) is 7.48. The first-order chi connectivity index (χ1) is 26.2. The van der Waals surface area contributed by atoms with Crippen LogP contribution >= 0.6 is 0 Å². The van der Waals surface area contributed by atoms with Gasteiger partial charge in [0.05, 0.1) is 31.1 Å². The summed E-state index contributed by atoms with van der Waals surface area (Å²) in [7, 11) is 3.33. The molecule has 6 rings (SSSR count). The molecule has 1 aromatic carbocycles. The number of aromatic nitrogens is 2. The zero-order valence-electron chi connectivity index (χ0n) is 33.9. The average Bonchev–Trinajstić information content (AvgIpc) is 3.43. The first-order valence-corrected chi connectivity index (χ1v) is 19.9. The second-order valence-electron chi connectivity index (χ2n) is 16.3. The summed E-state index contributed by atoms with van der Waals surface area (Å²) in [4.78, 5) is 48.3. The van der Waals surface area contributed by atoms with Crippen LogP contribution < -0.4 is 10.6 Å². The molecule has 292 valence electrons. The summed E-state index contributed by atoms with van der Waals surface area (Å²) in [5.74, 6) is 7.50. The number of imidazole rings is 1. The molecule has 0 radical (unpaired) electrons. The van der Waals surface area contributed by atoms with E-state index in [0.29, 0.717) is 24.9 Å². The Kier molecular flexibility index (Phi) is 11.8. The second kappa shape index (κ2) is 16.4. The second-order valence-corrected chi connectivity index (χ2v) is 16.3. The molecular weight excluding hydrogens is 689 g/mol. The van der Waals surface area contributed by atoms with E-state index in [0.717, 1.165) is 66.2 Å². The van der Waals surface area contributed by atoms with Gasteiger partial charge in [0, 0.05) is 37.1 Å². The van der Waals surface area contributed by atoms with Crippen molar-refractivity contribution < 1.29 is 19.1 Å². The van der Waals surface area contributed by atoms with Gasteiger partial charge < -0.3 is 29.7 Å². The van der Waals surface area contributed by atoms with Crippen molar-refractivity contribution in [2.75, 3.05) is 20.2 Å². The lowest BCUT2D eigenvalue weighted by Gasteiger charge is -2.31. The van der Waals surface area contributed by atoms with Gasteiger partial charge >= 0.3 is 6.09 Å². The van der Waals surface area contributed by atoms with Crippen LogP contribution in [-0.2, 0) is 21.4 Å². The van der Waals surface area contributed by atoms with E-state index in [1.807, 2.05) is 57.7 Å². The fourth-order valence-electron chi connectivity index (χ4n) is 8.65. The summed E-state index contributed by atoms with van der Waals surface area (Å²) in [6, 6.07) is 5.74. The number of ether oxygens (including phenoxy) is 1. The molecular formula is C45H58N6O4. The number of nitrogens with one attached hydrogen (secondary N) is 2. The van der Waals surface area contributed by atoms with Crippen LogP contribution in [0.3, 0.4) is 0 Å². The van der Waals surface area contributed by atoms with Crippen molar-refractivity contribution in [1.82, 2.24) is 30.0 Å². The number of alkyl carbamates (subject to hydrolysis) is 1. The molecule has 3 amide bonds. The zero-order valence-corrected chi connectivity index (χ0v) is 33.9. The lowest BCUT2D eigenvalue weighted by atomic mass is 9.89. The highest BCUT2D eigenvalue weighted by Gasteiger charge is 2.46. The number of rotatable bonds is 11. The van der Waals surface area contributed by atoms with E-state index in [4.69, 9.17) is 9.72 Å². The minimum Gasteiger partial charge on any atom is -0.453 e. The lowest BCUT2D eigenvalue weighted by Crippen LogP contribution is -2.51. The summed E-state index contributed by atoms with van der Waals surface area (Å²) < 4.78 is 6.92. The molecule has 3 fully saturated rings. The molecule has 2 saturated heterocycles. The van der Waals surface area contributed by atoms with Gasteiger partial charge in [0.1, 0.15) is 17.8 Å². The van der Waals surface area contributed by atoms with Crippen molar-refractivity contribution in [2.45, 2.75) is 97.7 Å². The van der Waals surface area contributed by atoms with Crippen molar-refractivity contribution in [3.63, 3.8) is 0 Å². The number of fused-ring (bicyclic) bond motifs is 3. The van der Waals surface area contributed by atoms with Crippen molar-refractivity contribution in [3.8, 4) is 23.1 Å². The van der Waals surface area contributed by atoms with Crippen LogP contribution in [0, 0.1) is 35.5 Å². The minimum atomic E-state index is -0.676. The largest absolute Gasteiger partial charge is 0.453 e. The average molecular weight is 747 g/mol. The maximum absolute atomic E-state index is 13.8. The molecule has 1 saturated carbocycles. The quantitative estimate of drug-likeness (QED) is 0.231. The molecule has 2 aliphatic carbocycles. The van der Waals surface area contributed by atoms with E-state index in [2.05, 4.69) is 77.5 Å².